The van der Waals surface area contributed by atoms with Crippen LogP contribution in [0.1, 0.15) is 30.1 Å². The summed E-state index contributed by atoms with van der Waals surface area (Å²) in [6.07, 6.45) is 0. The van der Waals surface area contributed by atoms with E-state index in [1.54, 1.807) is 37.4 Å². The molecule has 0 aliphatic carbocycles. The Morgan fingerprint density at radius 3 is 2.70 bits per heavy atom. The molecule has 11 heteroatoms. The molecule has 0 aliphatic rings. The van der Waals surface area contributed by atoms with Crippen LogP contribution in [0.5, 0.6) is 0 Å². The summed E-state index contributed by atoms with van der Waals surface area (Å²) in [6.45, 7) is 4.49. The molecule has 0 atom stereocenters. The van der Waals surface area contributed by atoms with Crippen LogP contribution in [0, 0.1) is 10.1 Å². The summed E-state index contributed by atoms with van der Waals surface area (Å²) >= 11 is 6.19. The van der Waals surface area contributed by atoms with E-state index in [0.717, 1.165) is 0 Å². The van der Waals surface area contributed by atoms with Crippen LogP contribution in [-0.2, 0) is 11.3 Å². The molecule has 0 unspecified atom stereocenters. The maximum Gasteiger partial charge on any atom is 0.293 e. The Kier molecular flexibility index (Phi) is 7.96. The quantitative estimate of drug-likeness (QED) is 0.261. The Morgan fingerprint density at radius 1 is 1.27 bits per heavy atom. The number of hydrogen-bond donors (Lipinski definition) is 1. The first-order valence-corrected chi connectivity index (χ1v) is 10.6. The van der Waals surface area contributed by atoms with Crippen LogP contribution in [0.4, 0.5) is 11.4 Å². The Hall–Kier alpha value is -3.50. The second kappa shape index (κ2) is 10.9. The van der Waals surface area contributed by atoms with Gasteiger partial charge in [0.2, 0.25) is 11.8 Å². The van der Waals surface area contributed by atoms with Crippen molar-refractivity contribution in [2.45, 2.75) is 26.4 Å². The lowest BCUT2D eigenvalue weighted by Gasteiger charge is -2.25. The molecule has 33 heavy (non-hydrogen) atoms. The van der Waals surface area contributed by atoms with Crippen molar-refractivity contribution >= 4 is 28.9 Å². The van der Waals surface area contributed by atoms with Crippen molar-refractivity contribution in [1.29, 1.82) is 0 Å². The number of nitrogens with one attached hydrogen (secondary N) is 1. The summed E-state index contributed by atoms with van der Waals surface area (Å²) in [5.74, 6) is 0.0715. The summed E-state index contributed by atoms with van der Waals surface area (Å²) in [6, 6.07) is 11.2. The van der Waals surface area contributed by atoms with Crippen LogP contribution in [0.25, 0.3) is 11.5 Å². The predicted octanol–water partition coefficient (Wildman–Crippen LogP) is 4.41. The maximum absolute atomic E-state index is 13.2. The molecule has 0 bridgehead atoms. The third-order valence-electron chi connectivity index (χ3n) is 4.82. The van der Waals surface area contributed by atoms with Crippen molar-refractivity contribution in [3.05, 3.63) is 69.1 Å². The van der Waals surface area contributed by atoms with Gasteiger partial charge >= 0.3 is 0 Å². The lowest BCUT2D eigenvalue weighted by molar-refractivity contribution is -0.384. The molecule has 0 saturated heterocycles. The average Bonchev–Trinajstić information content (AvgIpc) is 3.26. The Balaban J connectivity index is 1.83. The molecule has 3 rings (SSSR count). The first kappa shape index (κ1) is 24.1. The fourth-order valence-electron chi connectivity index (χ4n) is 3.11. The number of rotatable bonds is 10. The highest BCUT2D eigenvalue weighted by molar-refractivity contribution is 6.33. The van der Waals surface area contributed by atoms with Gasteiger partial charge in [-0.3, -0.25) is 14.9 Å². The molecule has 174 valence electrons. The summed E-state index contributed by atoms with van der Waals surface area (Å²) in [7, 11) is 1.54. The van der Waals surface area contributed by atoms with Gasteiger partial charge in [-0.25, -0.2) is 0 Å². The van der Waals surface area contributed by atoms with Crippen LogP contribution in [0.2, 0.25) is 5.02 Å². The fraction of sp³-hybridized carbons (Fsp3) is 0.318. The van der Waals surface area contributed by atoms with Gasteiger partial charge in [-0.1, -0.05) is 23.7 Å². The van der Waals surface area contributed by atoms with E-state index in [1.807, 2.05) is 13.8 Å². The zero-order valence-electron chi connectivity index (χ0n) is 18.4. The normalized spacial score (nSPS) is 10.9. The van der Waals surface area contributed by atoms with Gasteiger partial charge in [0, 0.05) is 31.3 Å². The number of halogens is 1. The van der Waals surface area contributed by atoms with Gasteiger partial charge in [0.15, 0.2) is 0 Å². The summed E-state index contributed by atoms with van der Waals surface area (Å²) < 4.78 is 10.7. The molecule has 0 radical (unpaired) electrons. The second-order valence-corrected chi connectivity index (χ2v) is 7.82. The third kappa shape index (κ3) is 5.85. The molecule has 1 heterocycles. The van der Waals surface area contributed by atoms with E-state index in [-0.39, 0.29) is 35.6 Å². The number of ether oxygens (including phenoxy) is 1. The van der Waals surface area contributed by atoms with Crippen molar-refractivity contribution < 1.29 is 18.9 Å². The van der Waals surface area contributed by atoms with Crippen molar-refractivity contribution in [3.63, 3.8) is 0 Å². The molecular weight excluding hydrogens is 450 g/mol. The van der Waals surface area contributed by atoms with Crippen LogP contribution in [0.3, 0.4) is 0 Å². The number of carbonyl (C=O) groups excluding carboxylic acids is 1. The zero-order chi connectivity index (χ0) is 24.0. The number of amides is 1. The molecule has 0 aliphatic heterocycles. The maximum atomic E-state index is 13.2. The third-order valence-corrected chi connectivity index (χ3v) is 5.15. The Morgan fingerprint density at radius 2 is 2.03 bits per heavy atom. The van der Waals surface area contributed by atoms with Gasteiger partial charge in [0.1, 0.15) is 5.69 Å². The molecular formula is C22H24ClN5O5. The van der Waals surface area contributed by atoms with Crippen molar-refractivity contribution in [2.24, 2.45) is 0 Å². The van der Waals surface area contributed by atoms with E-state index in [0.29, 0.717) is 29.4 Å². The van der Waals surface area contributed by atoms with Crippen LogP contribution >= 0.6 is 11.6 Å². The van der Waals surface area contributed by atoms with E-state index < -0.39 is 10.8 Å². The SMILES string of the molecule is COCCNc1ccc(C(=O)N(Cc2nnc(-c3ccccc3Cl)o2)C(C)C)cc1[N+](=O)[O-]. The minimum atomic E-state index is -0.528. The van der Waals surface area contributed by atoms with Gasteiger partial charge in [-0.05, 0) is 38.1 Å². The first-order chi connectivity index (χ1) is 15.8. The zero-order valence-corrected chi connectivity index (χ0v) is 19.2. The lowest BCUT2D eigenvalue weighted by atomic mass is 10.1. The Labute approximate surface area is 195 Å². The number of benzene rings is 2. The van der Waals surface area contributed by atoms with Crippen molar-refractivity contribution in [2.75, 3.05) is 25.6 Å². The van der Waals surface area contributed by atoms with E-state index in [1.165, 1.54) is 17.0 Å². The predicted molar refractivity (Wildman–Crippen MR) is 123 cm³/mol. The molecule has 2 aromatic carbocycles. The number of nitro benzene ring substituents is 1. The number of nitrogens with zero attached hydrogens (tertiary/aromatic N) is 4. The average molecular weight is 474 g/mol. The van der Waals surface area contributed by atoms with E-state index in [9.17, 15) is 14.9 Å². The number of carbonyl (C=O) groups is 1. The lowest BCUT2D eigenvalue weighted by Crippen LogP contribution is -2.36. The Bertz CT molecular complexity index is 1130. The molecule has 0 fully saturated rings. The fourth-order valence-corrected chi connectivity index (χ4v) is 3.33. The molecule has 3 aromatic rings. The second-order valence-electron chi connectivity index (χ2n) is 7.42. The number of nitro groups is 1. The van der Waals surface area contributed by atoms with E-state index >= 15 is 0 Å². The van der Waals surface area contributed by atoms with Crippen molar-refractivity contribution in [1.82, 2.24) is 15.1 Å². The number of anilines is 1. The minimum Gasteiger partial charge on any atom is -0.419 e. The summed E-state index contributed by atoms with van der Waals surface area (Å²) in [5.41, 5.74) is 0.886. The van der Waals surface area contributed by atoms with Gasteiger partial charge in [0.25, 0.3) is 11.6 Å². The highest BCUT2D eigenvalue weighted by Crippen LogP contribution is 2.28. The summed E-state index contributed by atoms with van der Waals surface area (Å²) in [4.78, 5) is 25.7. The minimum absolute atomic E-state index is 0.0373. The molecule has 10 nitrogen and oxygen atoms in total. The molecule has 0 spiro atoms. The highest BCUT2D eigenvalue weighted by Gasteiger charge is 2.25. The molecule has 1 N–H and O–H groups in total. The van der Waals surface area contributed by atoms with Crippen LogP contribution in [-0.4, -0.2) is 52.2 Å². The smallest absolute Gasteiger partial charge is 0.293 e. The number of methoxy groups -OCH3 is 1. The molecule has 1 aromatic heterocycles. The molecule has 0 saturated carbocycles. The van der Waals surface area contributed by atoms with E-state index in [2.05, 4.69) is 15.5 Å². The standard InChI is InChI=1S/C22H24ClN5O5/c1-14(2)27(13-20-25-26-21(33-20)16-6-4-5-7-17(16)23)22(29)15-8-9-18(24-10-11-32-3)19(12-15)28(30)31/h4-9,12,14,24H,10-11,13H2,1-3H3. The van der Waals surface area contributed by atoms with Gasteiger partial charge < -0.3 is 19.4 Å². The van der Waals surface area contributed by atoms with Crippen LogP contribution in [0.15, 0.2) is 46.9 Å². The molecule has 1 amide bonds. The van der Waals surface area contributed by atoms with Crippen molar-refractivity contribution in [3.8, 4) is 11.5 Å². The topological polar surface area (TPSA) is 124 Å². The van der Waals surface area contributed by atoms with E-state index in [4.69, 9.17) is 20.8 Å². The first-order valence-electron chi connectivity index (χ1n) is 10.2. The largest absolute Gasteiger partial charge is 0.419 e. The highest BCUT2D eigenvalue weighted by atomic mass is 35.5. The van der Waals surface area contributed by atoms with Crippen LogP contribution < -0.4 is 5.32 Å². The monoisotopic (exact) mass is 473 g/mol. The van der Waals surface area contributed by atoms with Gasteiger partial charge in [-0.2, -0.15) is 0 Å². The number of hydrogen-bond acceptors (Lipinski definition) is 8. The van der Waals surface area contributed by atoms with Gasteiger partial charge in [0.05, 0.1) is 28.7 Å². The van der Waals surface area contributed by atoms with Gasteiger partial charge in [-0.15, -0.1) is 10.2 Å². The number of aromatic nitrogens is 2. The summed E-state index contributed by atoms with van der Waals surface area (Å²) in [5, 5.41) is 23.0.